The Hall–Kier alpha value is -2.43. The number of hydrogen-bond donors (Lipinski definition) is 1. The van der Waals surface area contributed by atoms with E-state index in [1.807, 2.05) is 18.5 Å². The van der Waals surface area contributed by atoms with E-state index in [2.05, 4.69) is 32.4 Å². The molecule has 100 valence electrons. The maximum atomic E-state index is 4.48. The molecule has 4 rings (SSSR count). The summed E-state index contributed by atoms with van der Waals surface area (Å²) in [6.07, 6.45) is 12.7. The second-order valence-electron chi connectivity index (χ2n) is 5.07. The van der Waals surface area contributed by atoms with Crippen molar-refractivity contribution in [3.05, 3.63) is 42.4 Å². The van der Waals surface area contributed by atoms with Crippen LogP contribution in [0, 0.1) is 0 Å². The zero-order chi connectivity index (χ0) is 13.4. The van der Waals surface area contributed by atoms with Gasteiger partial charge < -0.3 is 0 Å². The highest BCUT2D eigenvalue weighted by Crippen LogP contribution is 2.31. The number of pyridine rings is 1. The molecular formula is C15H15N5. The smallest absolute Gasteiger partial charge is 0.165 e. The van der Waals surface area contributed by atoms with Crippen molar-refractivity contribution < 1.29 is 0 Å². The summed E-state index contributed by atoms with van der Waals surface area (Å²) in [4.78, 5) is 4.48. The summed E-state index contributed by atoms with van der Waals surface area (Å²) in [5.41, 5.74) is 3.56. The molecule has 1 N–H and O–H groups in total. The summed E-state index contributed by atoms with van der Waals surface area (Å²) >= 11 is 0. The highest BCUT2D eigenvalue weighted by atomic mass is 15.4. The highest BCUT2D eigenvalue weighted by molar-refractivity contribution is 5.90. The van der Waals surface area contributed by atoms with Crippen LogP contribution in [0.2, 0.25) is 0 Å². The van der Waals surface area contributed by atoms with Crippen LogP contribution in [-0.4, -0.2) is 25.0 Å². The molecule has 1 aliphatic carbocycles. The van der Waals surface area contributed by atoms with Crippen LogP contribution in [0.5, 0.6) is 0 Å². The van der Waals surface area contributed by atoms with Gasteiger partial charge in [-0.3, -0.25) is 5.10 Å². The Kier molecular flexibility index (Phi) is 2.62. The maximum absolute atomic E-state index is 4.48. The van der Waals surface area contributed by atoms with Crippen molar-refractivity contribution in [1.82, 2.24) is 25.0 Å². The van der Waals surface area contributed by atoms with E-state index in [4.69, 9.17) is 0 Å². The Labute approximate surface area is 116 Å². The quantitative estimate of drug-likeness (QED) is 0.774. The Morgan fingerprint density at radius 2 is 2.15 bits per heavy atom. The van der Waals surface area contributed by atoms with Gasteiger partial charge in [0.15, 0.2) is 11.5 Å². The minimum atomic E-state index is 0.835. The maximum Gasteiger partial charge on any atom is 0.165 e. The molecule has 0 amide bonds. The van der Waals surface area contributed by atoms with Crippen LogP contribution < -0.4 is 0 Å². The minimum Gasteiger partial charge on any atom is -0.261 e. The fourth-order valence-electron chi connectivity index (χ4n) is 2.83. The number of nitrogens with one attached hydrogen (secondary N) is 1. The predicted molar refractivity (Wildman–Crippen MR) is 77.5 cm³/mol. The molecule has 0 unspecified atom stereocenters. The SMILES string of the molecule is C1=C(c2ccnc3c2cnn3-c2ccn[nH]2)CCCC1. The van der Waals surface area contributed by atoms with E-state index in [0.29, 0.717) is 0 Å². The van der Waals surface area contributed by atoms with Crippen LogP contribution in [0.1, 0.15) is 31.2 Å². The van der Waals surface area contributed by atoms with Gasteiger partial charge in [0, 0.05) is 17.6 Å². The molecule has 0 saturated heterocycles. The van der Waals surface area contributed by atoms with Crippen LogP contribution in [-0.2, 0) is 0 Å². The molecule has 0 aromatic carbocycles. The molecule has 3 aromatic heterocycles. The number of rotatable bonds is 2. The van der Waals surface area contributed by atoms with E-state index in [-0.39, 0.29) is 0 Å². The van der Waals surface area contributed by atoms with Gasteiger partial charge in [-0.15, -0.1) is 0 Å². The van der Waals surface area contributed by atoms with Gasteiger partial charge in [0.05, 0.1) is 12.4 Å². The van der Waals surface area contributed by atoms with Crippen LogP contribution in [0.3, 0.4) is 0 Å². The first-order chi connectivity index (χ1) is 9.93. The fourth-order valence-corrected chi connectivity index (χ4v) is 2.83. The average Bonchev–Trinajstić information content (AvgIpc) is 3.16. The molecule has 5 nitrogen and oxygen atoms in total. The Morgan fingerprint density at radius 3 is 2.95 bits per heavy atom. The van der Waals surface area contributed by atoms with Crippen molar-refractivity contribution in [1.29, 1.82) is 0 Å². The lowest BCUT2D eigenvalue weighted by Crippen LogP contribution is -1.98. The van der Waals surface area contributed by atoms with Gasteiger partial charge >= 0.3 is 0 Å². The summed E-state index contributed by atoms with van der Waals surface area (Å²) in [6.45, 7) is 0. The Morgan fingerprint density at radius 1 is 1.15 bits per heavy atom. The molecule has 0 aliphatic heterocycles. The molecule has 0 radical (unpaired) electrons. The second-order valence-corrected chi connectivity index (χ2v) is 5.07. The summed E-state index contributed by atoms with van der Waals surface area (Å²) in [5.74, 6) is 0.835. The van der Waals surface area contributed by atoms with Gasteiger partial charge in [0.2, 0.25) is 0 Å². The van der Waals surface area contributed by atoms with E-state index in [1.165, 1.54) is 30.4 Å². The van der Waals surface area contributed by atoms with Crippen LogP contribution in [0.15, 0.2) is 36.8 Å². The normalized spacial score (nSPS) is 15.5. The van der Waals surface area contributed by atoms with Gasteiger partial charge in [0.25, 0.3) is 0 Å². The van der Waals surface area contributed by atoms with Crippen LogP contribution >= 0.6 is 0 Å². The molecule has 0 bridgehead atoms. The highest BCUT2D eigenvalue weighted by Gasteiger charge is 2.14. The van der Waals surface area contributed by atoms with Crippen molar-refractivity contribution in [3.8, 4) is 5.82 Å². The lowest BCUT2D eigenvalue weighted by Gasteiger charge is -2.13. The summed E-state index contributed by atoms with van der Waals surface area (Å²) in [7, 11) is 0. The van der Waals surface area contributed by atoms with Gasteiger partial charge in [-0.2, -0.15) is 14.9 Å². The first-order valence-electron chi connectivity index (χ1n) is 6.95. The van der Waals surface area contributed by atoms with E-state index in [0.717, 1.165) is 23.3 Å². The number of hydrogen-bond acceptors (Lipinski definition) is 3. The van der Waals surface area contributed by atoms with E-state index >= 15 is 0 Å². The number of H-pyrrole nitrogens is 1. The Bertz CT molecular complexity index is 767. The van der Waals surface area contributed by atoms with Crippen molar-refractivity contribution in [2.24, 2.45) is 0 Å². The molecule has 1 aliphatic rings. The lowest BCUT2D eigenvalue weighted by atomic mass is 9.93. The molecule has 0 saturated carbocycles. The van der Waals surface area contributed by atoms with Crippen molar-refractivity contribution in [2.75, 3.05) is 0 Å². The predicted octanol–water partition coefficient (Wildman–Crippen LogP) is 3.10. The molecule has 0 fully saturated rings. The van der Waals surface area contributed by atoms with Crippen LogP contribution in [0.25, 0.3) is 22.4 Å². The third-order valence-electron chi connectivity index (χ3n) is 3.82. The summed E-state index contributed by atoms with van der Waals surface area (Å²) < 4.78 is 1.80. The van der Waals surface area contributed by atoms with E-state index in [1.54, 1.807) is 10.9 Å². The monoisotopic (exact) mass is 265 g/mol. The topological polar surface area (TPSA) is 59.4 Å². The van der Waals surface area contributed by atoms with Crippen LogP contribution in [0.4, 0.5) is 0 Å². The lowest BCUT2D eigenvalue weighted by molar-refractivity contribution is 0.742. The average molecular weight is 265 g/mol. The number of nitrogens with zero attached hydrogens (tertiary/aromatic N) is 4. The van der Waals surface area contributed by atoms with Crippen molar-refractivity contribution >= 4 is 16.6 Å². The Balaban J connectivity index is 1.90. The molecule has 5 heteroatoms. The number of aromatic amines is 1. The third-order valence-corrected chi connectivity index (χ3v) is 3.82. The standard InChI is InChI=1S/C15H15N5/c1-2-4-11(5-3-1)12-6-8-16-15-13(12)10-18-20(15)14-7-9-17-19-14/h4,6-10H,1-3,5H2,(H,17,19). The largest absolute Gasteiger partial charge is 0.261 e. The van der Waals surface area contributed by atoms with Gasteiger partial charge in [-0.1, -0.05) is 6.08 Å². The van der Waals surface area contributed by atoms with Gasteiger partial charge in [-0.25, -0.2) is 4.98 Å². The minimum absolute atomic E-state index is 0.835. The van der Waals surface area contributed by atoms with E-state index in [9.17, 15) is 0 Å². The first kappa shape index (κ1) is 11.4. The molecule has 20 heavy (non-hydrogen) atoms. The number of aromatic nitrogens is 5. The summed E-state index contributed by atoms with van der Waals surface area (Å²) in [5, 5.41) is 12.5. The number of fused-ring (bicyclic) bond motifs is 1. The molecular weight excluding hydrogens is 250 g/mol. The fraction of sp³-hybridized carbons (Fsp3) is 0.267. The summed E-state index contributed by atoms with van der Waals surface area (Å²) in [6, 6.07) is 3.99. The first-order valence-corrected chi connectivity index (χ1v) is 6.95. The van der Waals surface area contributed by atoms with Crippen molar-refractivity contribution in [3.63, 3.8) is 0 Å². The zero-order valence-electron chi connectivity index (χ0n) is 11.1. The second kappa shape index (κ2) is 4.59. The molecule has 3 aromatic rings. The van der Waals surface area contributed by atoms with Gasteiger partial charge in [0.1, 0.15) is 0 Å². The van der Waals surface area contributed by atoms with Gasteiger partial charge in [-0.05, 0) is 42.9 Å². The zero-order valence-corrected chi connectivity index (χ0v) is 11.1. The molecule has 3 heterocycles. The third kappa shape index (κ3) is 1.74. The number of allylic oxidation sites excluding steroid dienone is 2. The molecule has 0 spiro atoms. The van der Waals surface area contributed by atoms with E-state index < -0.39 is 0 Å². The van der Waals surface area contributed by atoms with Crippen molar-refractivity contribution in [2.45, 2.75) is 25.7 Å². The molecule has 0 atom stereocenters.